The largest absolute Gasteiger partial charge is 0.360 e. The molecular weight excluding hydrogens is 270 g/mol. The van der Waals surface area contributed by atoms with Gasteiger partial charge in [0.2, 0.25) is 9.84 Å². The Morgan fingerprint density at radius 2 is 1.70 bits per heavy atom. The Morgan fingerprint density at radius 1 is 0.950 bits per heavy atom. The molecule has 3 aromatic rings. The van der Waals surface area contributed by atoms with Crippen LogP contribution >= 0.6 is 0 Å². The highest BCUT2D eigenvalue weighted by Gasteiger charge is 2.21. The average Bonchev–Trinajstić information content (AvgIpc) is 2.86. The van der Waals surface area contributed by atoms with E-state index >= 15 is 0 Å². The van der Waals surface area contributed by atoms with Crippen LogP contribution in [0.25, 0.3) is 10.9 Å². The molecule has 3 nitrogen and oxygen atoms in total. The van der Waals surface area contributed by atoms with Gasteiger partial charge in [-0.15, -0.1) is 0 Å². The third kappa shape index (κ3) is 1.93. The summed E-state index contributed by atoms with van der Waals surface area (Å²) in [5.74, 6) is 0. The van der Waals surface area contributed by atoms with Crippen molar-refractivity contribution in [2.45, 2.75) is 23.6 Å². The number of benzene rings is 2. The number of hydrogen-bond acceptors (Lipinski definition) is 2. The number of rotatable bonds is 2. The summed E-state index contributed by atoms with van der Waals surface area (Å²) in [6.45, 7) is 3.89. The first kappa shape index (κ1) is 12.9. The van der Waals surface area contributed by atoms with Crippen LogP contribution in [0.4, 0.5) is 0 Å². The van der Waals surface area contributed by atoms with Gasteiger partial charge in [-0.3, -0.25) is 0 Å². The van der Waals surface area contributed by atoms with Gasteiger partial charge in [0.05, 0.1) is 9.79 Å². The molecule has 1 aromatic heterocycles. The van der Waals surface area contributed by atoms with Crippen LogP contribution < -0.4 is 0 Å². The fraction of sp³-hybridized carbons (Fsp3) is 0.125. The molecule has 0 aliphatic heterocycles. The van der Waals surface area contributed by atoms with E-state index in [9.17, 15) is 8.42 Å². The molecular formula is C16H15NO2S. The normalized spacial score (nSPS) is 11.9. The van der Waals surface area contributed by atoms with E-state index in [-0.39, 0.29) is 0 Å². The first-order valence-corrected chi connectivity index (χ1v) is 7.87. The SMILES string of the molecule is Cc1ccc(S(=O)(=O)c2c[nH]c3ccccc23)cc1C. The molecule has 1 N–H and O–H groups in total. The van der Waals surface area contributed by atoms with Crippen LogP contribution in [0.15, 0.2) is 58.5 Å². The lowest BCUT2D eigenvalue weighted by molar-refractivity contribution is 0.597. The maximum atomic E-state index is 12.8. The fourth-order valence-electron chi connectivity index (χ4n) is 2.28. The van der Waals surface area contributed by atoms with Crippen LogP contribution in [0.5, 0.6) is 0 Å². The van der Waals surface area contributed by atoms with Crippen molar-refractivity contribution in [3.05, 3.63) is 59.8 Å². The fourth-order valence-corrected chi connectivity index (χ4v) is 3.79. The number of aromatic nitrogens is 1. The minimum absolute atomic E-state index is 0.330. The van der Waals surface area contributed by atoms with Crippen molar-refractivity contribution in [1.29, 1.82) is 0 Å². The maximum absolute atomic E-state index is 12.8. The summed E-state index contributed by atoms with van der Waals surface area (Å²) in [6, 6.07) is 12.7. The zero-order valence-corrected chi connectivity index (χ0v) is 12.2. The topological polar surface area (TPSA) is 49.9 Å². The third-order valence-corrected chi connectivity index (χ3v) is 5.42. The van der Waals surface area contributed by atoms with E-state index in [0.29, 0.717) is 9.79 Å². The minimum Gasteiger partial charge on any atom is -0.360 e. The number of nitrogens with one attached hydrogen (secondary N) is 1. The van der Waals surface area contributed by atoms with Gasteiger partial charge in [0.1, 0.15) is 0 Å². The molecule has 1 heterocycles. The first-order chi connectivity index (χ1) is 9.50. The lowest BCUT2D eigenvalue weighted by atomic mass is 10.1. The Bertz CT molecular complexity index is 892. The van der Waals surface area contributed by atoms with Crippen molar-refractivity contribution in [2.24, 2.45) is 0 Å². The van der Waals surface area contributed by atoms with Crippen LogP contribution in [0.3, 0.4) is 0 Å². The number of sulfone groups is 1. The molecule has 0 amide bonds. The molecule has 0 saturated heterocycles. The lowest BCUT2D eigenvalue weighted by Crippen LogP contribution is -2.02. The Hall–Kier alpha value is -2.07. The van der Waals surface area contributed by atoms with Crippen molar-refractivity contribution in [3.8, 4) is 0 Å². The smallest absolute Gasteiger partial charge is 0.208 e. The first-order valence-electron chi connectivity index (χ1n) is 6.38. The quantitative estimate of drug-likeness (QED) is 0.782. The summed E-state index contributed by atoms with van der Waals surface area (Å²) in [5.41, 5.74) is 2.89. The number of aromatic amines is 1. The standard InChI is InChI=1S/C16H15NO2S/c1-11-7-8-13(9-12(11)2)20(18,19)16-10-17-15-6-4-3-5-14(15)16/h3-10,17H,1-2H3. The van der Waals surface area contributed by atoms with E-state index in [0.717, 1.165) is 22.0 Å². The van der Waals surface area contributed by atoms with Gasteiger partial charge < -0.3 is 4.98 Å². The maximum Gasteiger partial charge on any atom is 0.208 e. The van der Waals surface area contributed by atoms with Gasteiger partial charge in [-0.1, -0.05) is 24.3 Å². The second kappa shape index (κ2) is 4.49. The highest BCUT2D eigenvalue weighted by Crippen LogP contribution is 2.28. The Kier molecular flexibility index (Phi) is 2.91. The Balaban J connectivity index is 2.23. The highest BCUT2D eigenvalue weighted by molar-refractivity contribution is 7.91. The number of hydrogen-bond donors (Lipinski definition) is 1. The molecule has 0 radical (unpaired) electrons. The van der Waals surface area contributed by atoms with Crippen LogP contribution in [0, 0.1) is 13.8 Å². The van der Waals surface area contributed by atoms with Gasteiger partial charge >= 0.3 is 0 Å². The molecule has 4 heteroatoms. The minimum atomic E-state index is -3.49. The second-order valence-corrected chi connectivity index (χ2v) is 6.87. The van der Waals surface area contributed by atoms with Gasteiger partial charge in [0.15, 0.2) is 0 Å². The molecule has 0 saturated carbocycles. The molecule has 0 aliphatic carbocycles. The molecule has 2 aromatic carbocycles. The molecule has 20 heavy (non-hydrogen) atoms. The van der Waals surface area contributed by atoms with Crippen LogP contribution in [-0.4, -0.2) is 13.4 Å². The van der Waals surface area contributed by atoms with Gasteiger partial charge in [-0.05, 0) is 43.2 Å². The summed E-state index contributed by atoms with van der Waals surface area (Å²) < 4.78 is 25.5. The summed E-state index contributed by atoms with van der Waals surface area (Å²) in [6.07, 6.45) is 1.56. The van der Waals surface area contributed by atoms with Gasteiger partial charge in [-0.25, -0.2) is 8.42 Å². The number of fused-ring (bicyclic) bond motifs is 1. The molecule has 102 valence electrons. The zero-order chi connectivity index (χ0) is 14.3. The monoisotopic (exact) mass is 285 g/mol. The predicted molar refractivity (Wildman–Crippen MR) is 79.7 cm³/mol. The van der Waals surface area contributed by atoms with E-state index in [4.69, 9.17) is 0 Å². The lowest BCUT2D eigenvalue weighted by Gasteiger charge is -2.06. The van der Waals surface area contributed by atoms with E-state index in [1.807, 2.05) is 44.2 Å². The van der Waals surface area contributed by atoms with Gasteiger partial charge in [0, 0.05) is 17.1 Å². The summed E-state index contributed by atoms with van der Waals surface area (Å²) in [5, 5.41) is 0.728. The molecule has 0 spiro atoms. The van der Waals surface area contributed by atoms with Crippen molar-refractivity contribution < 1.29 is 8.42 Å². The van der Waals surface area contributed by atoms with Crippen molar-refractivity contribution in [1.82, 2.24) is 4.98 Å². The zero-order valence-electron chi connectivity index (χ0n) is 11.3. The summed E-state index contributed by atoms with van der Waals surface area (Å²) >= 11 is 0. The predicted octanol–water partition coefficient (Wildman–Crippen LogP) is 3.62. The average molecular weight is 285 g/mol. The van der Waals surface area contributed by atoms with E-state index in [1.54, 1.807) is 18.3 Å². The Morgan fingerprint density at radius 3 is 2.45 bits per heavy atom. The van der Waals surface area contributed by atoms with Crippen LogP contribution in [0.1, 0.15) is 11.1 Å². The third-order valence-electron chi connectivity index (χ3n) is 3.63. The summed E-state index contributed by atoms with van der Waals surface area (Å²) in [4.78, 5) is 3.68. The molecule has 0 unspecified atom stereocenters. The van der Waals surface area contributed by atoms with Gasteiger partial charge in [0.25, 0.3) is 0 Å². The van der Waals surface area contributed by atoms with Crippen molar-refractivity contribution in [2.75, 3.05) is 0 Å². The van der Waals surface area contributed by atoms with Crippen LogP contribution in [0.2, 0.25) is 0 Å². The molecule has 3 rings (SSSR count). The van der Waals surface area contributed by atoms with E-state index in [1.165, 1.54) is 0 Å². The molecule has 0 aliphatic rings. The van der Waals surface area contributed by atoms with E-state index < -0.39 is 9.84 Å². The molecule has 0 atom stereocenters. The Labute approximate surface area is 118 Å². The number of H-pyrrole nitrogens is 1. The molecule has 0 bridgehead atoms. The highest BCUT2D eigenvalue weighted by atomic mass is 32.2. The van der Waals surface area contributed by atoms with Crippen molar-refractivity contribution in [3.63, 3.8) is 0 Å². The van der Waals surface area contributed by atoms with Crippen molar-refractivity contribution >= 4 is 20.7 Å². The van der Waals surface area contributed by atoms with E-state index in [2.05, 4.69) is 4.98 Å². The van der Waals surface area contributed by atoms with Crippen LogP contribution in [-0.2, 0) is 9.84 Å². The number of para-hydroxylation sites is 1. The second-order valence-electron chi connectivity index (χ2n) is 4.95. The number of aryl methyl sites for hydroxylation is 2. The van der Waals surface area contributed by atoms with Gasteiger partial charge in [-0.2, -0.15) is 0 Å². The molecule has 0 fully saturated rings. The summed E-state index contributed by atoms with van der Waals surface area (Å²) in [7, 11) is -3.49.